The maximum absolute atomic E-state index is 12.9. The molecule has 1 saturated carbocycles. The van der Waals surface area contributed by atoms with E-state index in [2.05, 4.69) is 16.3 Å². The lowest BCUT2D eigenvalue weighted by atomic mass is 9.87. The summed E-state index contributed by atoms with van der Waals surface area (Å²) in [5.41, 5.74) is 7.50. The first kappa shape index (κ1) is 12.8. The second-order valence-corrected chi connectivity index (χ2v) is 7.65. The van der Waals surface area contributed by atoms with Crippen molar-refractivity contribution in [1.82, 2.24) is 4.90 Å². The van der Waals surface area contributed by atoms with Crippen molar-refractivity contribution >= 4 is 17.2 Å². The molecule has 1 aromatic heterocycles. The maximum atomic E-state index is 12.9. The van der Waals surface area contributed by atoms with Gasteiger partial charge in [-0.15, -0.1) is 11.3 Å². The molecule has 2 heterocycles. The van der Waals surface area contributed by atoms with Crippen LogP contribution in [-0.2, 0) is 11.2 Å². The van der Waals surface area contributed by atoms with Gasteiger partial charge < -0.3 is 10.6 Å². The van der Waals surface area contributed by atoms with Crippen LogP contribution in [0.3, 0.4) is 0 Å². The summed E-state index contributed by atoms with van der Waals surface area (Å²) in [5.74, 6) is 1.72. The molecule has 3 aliphatic rings. The topological polar surface area (TPSA) is 46.3 Å². The van der Waals surface area contributed by atoms with Gasteiger partial charge in [-0.1, -0.05) is 0 Å². The summed E-state index contributed by atoms with van der Waals surface area (Å²) >= 11 is 1.82. The minimum atomic E-state index is 0.125. The van der Waals surface area contributed by atoms with Gasteiger partial charge in [0.1, 0.15) is 0 Å². The molecule has 0 aromatic carbocycles. The molecule has 1 aromatic rings. The number of hydrogen-bond acceptors (Lipinski definition) is 3. The van der Waals surface area contributed by atoms with Crippen LogP contribution in [0.2, 0.25) is 0 Å². The Kier molecular flexibility index (Phi) is 3.11. The zero-order valence-electron chi connectivity index (χ0n) is 11.8. The van der Waals surface area contributed by atoms with E-state index >= 15 is 0 Å². The molecule has 0 radical (unpaired) electrons. The molecule has 20 heavy (non-hydrogen) atoms. The summed E-state index contributed by atoms with van der Waals surface area (Å²) in [6.07, 6.45) is 5.71. The van der Waals surface area contributed by atoms with Gasteiger partial charge in [-0.2, -0.15) is 0 Å². The van der Waals surface area contributed by atoms with Crippen molar-refractivity contribution in [3.63, 3.8) is 0 Å². The number of amides is 1. The van der Waals surface area contributed by atoms with E-state index in [9.17, 15) is 4.79 Å². The van der Waals surface area contributed by atoms with Crippen molar-refractivity contribution in [3.05, 3.63) is 21.9 Å². The predicted molar refractivity (Wildman–Crippen MR) is 80.8 cm³/mol. The van der Waals surface area contributed by atoms with Crippen LogP contribution in [0.5, 0.6) is 0 Å². The smallest absolute Gasteiger partial charge is 0.230 e. The van der Waals surface area contributed by atoms with Gasteiger partial charge >= 0.3 is 0 Å². The molecule has 2 fully saturated rings. The highest BCUT2D eigenvalue weighted by molar-refractivity contribution is 7.10. The van der Waals surface area contributed by atoms with Gasteiger partial charge in [0.25, 0.3) is 0 Å². The largest absolute Gasteiger partial charge is 0.342 e. The van der Waals surface area contributed by atoms with Crippen LogP contribution < -0.4 is 5.73 Å². The Bertz CT molecular complexity index is 526. The number of hydrogen-bond donors (Lipinski definition) is 1. The summed E-state index contributed by atoms with van der Waals surface area (Å²) in [6, 6.07) is 2.49. The van der Waals surface area contributed by atoms with Gasteiger partial charge in [-0.25, -0.2) is 0 Å². The monoisotopic (exact) mass is 290 g/mol. The number of nitrogens with zero attached hydrogens (tertiary/aromatic N) is 1. The number of nitrogens with two attached hydrogens (primary N) is 1. The summed E-state index contributed by atoms with van der Waals surface area (Å²) in [6.45, 7) is 1.85. The summed E-state index contributed by atoms with van der Waals surface area (Å²) in [4.78, 5) is 16.4. The Balaban J connectivity index is 1.52. The molecule has 108 valence electrons. The second-order valence-electron chi connectivity index (χ2n) is 6.65. The van der Waals surface area contributed by atoms with E-state index in [1.807, 2.05) is 11.3 Å². The van der Waals surface area contributed by atoms with Crippen molar-refractivity contribution in [2.75, 3.05) is 13.1 Å². The van der Waals surface area contributed by atoms with E-state index < -0.39 is 0 Å². The SMILES string of the molecule is NC1CCC2CN(C(=O)C3CCCc4sccc43)CC12. The average molecular weight is 290 g/mol. The molecule has 2 aliphatic carbocycles. The van der Waals surface area contributed by atoms with Crippen LogP contribution >= 0.6 is 11.3 Å². The van der Waals surface area contributed by atoms with Gasteiger partial charge in [0, 0.05) is 24.0 Å². The normalized spacial score (nSPS) is 36.0. The third-order valence-corrected chi connectivity index (χ3v) is 6.57. The Hall–Kier alpha value is -0.870. The minimum Gasteiger partial charge on any atom is -0.342 e. The zero-order chi connectivity index (χ0) is 13.7. The fourth-order valence-electron chi connectivity index (χ4n) is 4.45. The lowest BCUT2D eigenvalue weighted by molar-refractivity contribution is -0.132. The number of thiophene rings is 1. The van der Waals surface area contributed by atoms with Crippen LogP contribution in [0.4, 0.5) is 0 Å². The number of carbonyl (C=O) groups excluding carboxylic acids is 1. The quantitative estimate of drug-likeness (QED) is 0.863. The van der Waals surface area contributed by atoms with E-state index in [0.29, 0.717) is 23.8 Å². The molecule has 4 heteroatoms. The molecule has 4 rings (SSSR count). The first-order valence-corrected chi connectivity index (χ1v) is 8.72. The zero-order valence-corrected chi connectivity index (χ0v) is 12.6. The third-order valence-electron chi connectivity index (χ3n) is 5.57. The van der Waals surface area contributed by atoms with E-state index in [-0.39, 0.29) is 5.92 Å². The molecule has 3 nitrogen and oxygen atoms in total. The summed E-state index contributed by atoms with van der Waals surface area (Å²) in [5, 5.41) is 2.14. The number of aryl methyl sites for hydroxylation is 1. The Morgan fingerprint density at radius 1 is 1.30 bits per heavy atom. The molecular formula is C16H22N2OS. The van der Waals surface area contributed by atoms with E-state index in [1.54, 1.807) is 0 Å². The van der Waals surface area contributed by atoms with Gasteiger partial charge in [-0.3, -0.25) is 4.79 Å². The maximum Gasteiger partial charge on any atom is 0.230 e. The van der Waals surface area contributed by atoms with Crippen molar-refractivity contribution in [1.29, 1.82) is 0 Å². The molecule has 1 aliphatic heterocycles. The average Bonchev–Trinajstić information content (AvgIpc) is 3.14. The number of carbonyl (C=O) groups is 1. The second kappa shape index (κ2) is 4.85. The van der Waals surface area contributed by atoms with Crippen LogP contribution in [-0.4, -0.2) is 29.9 Å². The highest BCUT2D eigenvalue weighted by Crippen LogP contribution is 2.41. The molecule has 1 saturated heterocycles. The fourth-order valence-corrected chi connectivity index (χ4v) is 5.44. The molecule has 4 atom stereocenters. The highest BCUT2D eigenvalue weighted by atomic mass is 32.1. The van der Waals surface area contributed by atoms with Crippen LogP contribution in [0.15, 0.2) is 11.4 Å². The van der Waals surface area contributed by atoms with Gasteiger partial charge in [0.15, 0.2) is 0 Å². The number of likely N-dealkylation sites (tertiary alicyclic amines) is 1. The molecule has 1 amide bonds. The lowest BCUT2D eigenvalue weighted by Gasteiger charge is -2.27. The summed E-state index contributed by atoms with van der Waals surface area (Å²) in [7, 11) is 0. The predicted octanol–water partition coefficient (Wildman–Crippen LogP) is 2.36. The Morgan fingerprint density at radius 2 is 2.20 bits per heavy atom. The fraction of sp³-hybridized carbons (Fsp3) is 0.688. The first-order chi connectivity index (χ1) is 9.74. The standard InChI is InChI=1S/C16H22N2OS/c17-14-5-4-10-8-18(9-13(10)14)16(19)12-2-1-3-15-11(12)6-7-20-15/h6-7,10,12-14H,1-5,8-9,17H2. The number of fused-ring (bicyclic) bond motifs is 2. The van der Waals surface area contributed by atoms with Crippen molar-refractivity contribution in [2.45, 2.75) is 44.1 Å². The number of rotatable bonds is 1. The first-order valence-electron chi connectivity index (χ1n) is 7.84. The van der Waals surface area contributed by atoms with Gasteiger partial charge in [0.05, 0.1) is 5.92 Å². The Labute approximate surface area is 124 Å². The van der Waals surface area contributed by atoms with Gasteiger partial charge in [0.2, 0.25) is 5.91 Å². The van der Waals surface area contributed by atoms with Gasteiger partial charge in [-0.05, 0) is 60.9 Å². The minimum absolute atomic E-state index is 0.125. The van der Waals surface area contributed by atoms with Crippen LogP contribution in [0, 0.1) is 11.8 Å². The third kappa shape index (κ3) is 1.92. The van der Waals surface area contributed by atoms with E-state index in [0.717, 1.165) is 38.8 Å². The molecule has 0 spiro atoms. The molecule has 2 N–H and O–H groups in total. The lowest BCUT2D eigenvalue weighted by Crippen LogP contribution is -2.37. The summed E-state index contributed by atoms with van der Waals surface area (Å²) < 4.78 is 0. The molecule has 4 unspecified atom stereocenters. The van der Waals surface area contributed by atoms with Crippen molar-refractivity contribution < 1.29 is 4.79 Å². The van der Waals surface area contributed by atoms with E-state index in [1.165, 1.54) is 16.9 Å². The highest BCUT2D eigenvalue weighted by Gasteiger charge is 2.44. The van der Waals surface area contributed by atoms with E-state index in [4.69, 9.17) is 5.73 Å². The van der Waals surface area contributed by atoms with Crippen molar-refractivity contribution in [3.8, 4) is 0 Å². The molecule has 0 bridgehead atoms. The van der Waals surface area contributed by atoms with Crippen molar-refractivity contribution in [2.24, 2.45) is 17.6 Å². The van der Waals surface area contributed by atoms with Crippen LogP contribution in [0.1, 0.15) is 42.0 Å². The Morgan fingerprint density at radius 3 is 3.05 bits per heavy atom. The molecular weight excluding hydrogens is 268 g/mol. The van der Waals surface area contributed by atoms with Crippen LogP contribution in [0.25, 0.3) is 0 Å².